The van der Waals surface area contributed by atoms with Gasteiger partial charge in [-0.25, -0.2) is 4.98 Å². The average molecular weight is 319 g/mol. The lowest BCUT2D eigenvalue weighted by molar-refractivity contribution is -0.137. The molecule has 0 saturated carbocycles. The highest BCUT2D eigenvalue weighted by Crippen LogP contribution is 2.30. The normalized spacial score (nSPS) is 15.9. The lowest BCUT2D eigenvalue weighted by Gasteiger charge is -2.28. The smallest absolute Gasteiger partial charge is 0.353 e. The van der Waals surface area contributed by atoms with Gasteiger partial charge >= 0.3 is 6.18 Å². The molecule has 3 rings (SSSR count). The van der Waals surface area contributed by atoms with Crippen LogP contribution in [0.2, 0.25) is 0 Å². The van der Waals surface area contributed by atoms with Crippen molar-refractivity contribution in [2.75, 3.05) is 31.1 Å². The van der Waals surface area contributed by atoms with E-state index < -0.39 is 11.7 Å². The van der Waals surface area contributed by atoms with Crippen LogP contribution in [0.25, 0.3) is 11.0 Å². The highest BCUT2D eigenvalue weighted by atomic mass is 35.5. The van der Waals surface area contributed by atoms with Crippen molar-refractivity contribution in [3.8, 4) is 0 Å². The van der Waals surface area contributed by atoms with Crippen molar-refractivity contribution >= 4 is 29.3 Å². The lowest BCUT2D eigenvalue weighted by Crippen LogP contribution is -2.43. The van der Waals surface area contributed by atoms with Crippen LogP contribution in [-0.2, 0) is 6.18 Å². The van der Waals surface area contributed by atoms with E-state index in [1.807, 2.05) is 0 Å². The summed E-state index contributed by atoms with van der Waals surface area (Å²) in [4.78, 5) is 10.6. The van der Waals surface area contributed by atoms with Gasteiger partial charge < -0.3 is 10.2 Å². The molecule has 1 aromatic carbocycles. The minimum Gasteiger partial charge on any atom is -0.353 e. The first-order valence-electron chi connectivity index (χ1n) is 6.34. The summed E-state index contributed by atoms with van der Waals surface area (Å²) in [5.74, 6) is 0.707. The van der Waals surface area contributed by atoms with Crippen molar-refractivity contribution in [3.63, 3.8) is 0 Å². The molecular weight excluding hydrogens is 305 g/mol. The van der Waals surface area contributed by atoms with E-state index in [1.54, 1.807) is 0 Å². The molecule has 0 unspecified atom stereocenters. The SMILES string of the molecule is Cl.FC(F)(F)c1ccc2nc(N3CCNCC3)cnc2c1. The number of fused-ring (bicyclic) bond motifs is 1. The molecule has 1 saturated heterocycles. The van der Waals surface area contributed by atoms with Crippen LogP contribution in [0.1, 0.15) is 5.56 Å². The minimum absolute atomic E-state index is 0. The summed E-state index contributed by atoms with van der Waals surface area (Å²) in [6, 6.07) is 3.44. The standard InChI is InChI=1S/C13H13F3N4.ClH/c14-13(15,16)9-1-2-10-11(7-9)18-8-12(19-10)20-5-3-17-4-6-20;/h1-2,7-8,17H,3-6H2;1H. The molecule has 0 bridgehead atoms. The number of halogens is 4. The Hall–Kier alpha value is -1.60. The Morgan fingerprint density at radius 1 is 1.10 bits per heavy atom. The van der Waals surface area contributed by atoms with Crippen molar-refractivity contribution in [2.45, 2.75) is 6.18 Å². The Kier molecular flexibility index (Phi) is 4.53. The molecule has 8 heteroatoms. The van der Waals surface area contributed by atoms with Crippen molar-refractivity contribution in [1.82, 2.24) is 15.3 Å². The van der Waals surface area contributed by atoms with Crippen molar-refractivity contribution in [1.29, 1.82) is 0 Å². The fourth-order valence-corrected chi connectivity index (χ4v) is 2.22. The van der Waals surface area contributed by atoms with Crippen LogP contribution in [0.5, 0.6) is 0 Å². The monoisotopic (exact) mass is 318 g/mol. The van der Waals surface area contributed by atoms with Crippen molar-refractivity contribution in [2.24, 2.45) is 0 Å². The van der Waals surface area contributed by atoms with Crippen LogP contribution in [0.3, 0.4) is 0 Å². The van der Waals surface area contributed by atoms with Gasteiger partial charge in [-0.15, -0.1) is 12.4 Å². The molecule has 114 valence electrons. The zero-order valence-corrected chi connectivity index (χ0v) is 11.8. The van der Waals surface area contributed by atoms with Gasteiger partial charge in [-0.2, -0.15) is 13.2 Å². The third-order valence-electron chi connectivity index (χ3n) is 3.30. The Labute approximate surface area is 125 Å². The second kappa shape index (κ2) is 6.03. The summed E-state index contributed by atoms with van der Waals surface area (Å²) in [5.41, 5.74) is 0.0435. The molecule has 0 amide bonds. The highest BCUT2D eigenvalue weighted by Gasteiger charge is 2.30. The average Bonchev–Trinajstić information content (AvgIpc) is 2.46. The van der Waals surface area contributed by atoms with Crippen molar-refractivity contribution < 1.29 is 13.2 Å². The molecule has 4 nitrogen and oxygen atoms in total. The van der Waals surface area contributed by atoms with E-state index in [1.165, 1.54) is 12.3 Å². The third kappa shape index (κ3) is 3.36. The number of alkyl halides is 3. The quantitative estimate of drug-likeness (QED) is 0.877. The second-order valence-corrected chi connectivity index (χ2v) is 4.67. The van der Waals surface area contributed by atoms with Crippen LogP contribution in [-0.4, -0.2) is 36.1 Å². The van der Waals surface area contributed by atoms with E-state index in [2.05, 4.69) is 20.2 Å². The number of hydrogen-bond acceptors (Lipinski definition) is 4. The molecule has 0 radical (unpaired) electrons. The van der Waals surface area contributed by atoms with Gasteiger partial charge in [0.2, 0.25) is 0 Å². The highest BCUT2D eigenvalue weighted by molar-refractivity contribution is 5.85. The fraction of sp³-hybridized carbons (Fsp3) is 0.385. The van der Waals surface area contributed by atoms with Crippen LogP contribution in [0.15, 0.2) is 24.4 Å². The number of hydrogen-bond donors (Lipinski definition) is 1. The van der Waals surface area contributed by atoms with Gasteiger partial charge in [0.1, 0.15) is 5.82 Å². The number of rotatable bonds is 1. The van der Waals surface area contributed by atoms with E-state index in [-0.39, 0.29) is 17.9 Å². The predicted molar refractivity (Wildman–Crippen MR) is 76.9 cm³/mol. The van der Waals surface area contributed by atoms with E-state index in [0.717, 1.165) is 38.3 Å². The van der Waals surface area contributed by atoms with Gasteiger partial charge in [-0.3, -0.25) is 4.98 Å². The number of nitrogens with zero attached hydrogens (tertiary/aromatic N) is 3. The maximum Gasteiger partial charge on any atom is 0.416 e. The second-order valence-electron chi connectivity index (χ2n) is 4.67. The Bertz CT molecular complexity index is 626. The van der Waals surface area contributed by atoms with E-state index in [9.17, 15) is 13.2 Å². The minimum atomic E-state index is -4.35. The molecule has 1 fully saturated rings. The lowest BCUT2D eigenvalue weighted by atomic mass is 10.2. The molecule has 1 aliphatic rings. The summed E-state index contributed by atoms with van der Waals surface area (Å²) in [7, 11) is 0. The summed E-state index contributed by atoms with van der Waals surface area (Å²) >= 11 is 0. The topological polar surface area (TPSA) is 41.1 Å². The van der Waals surface area contributed by atoms with Crippen LogP contribution < -0.4 is 10.2 Å². The largest absolute Gasteiger partial charge is 0.416 e. The summed E-state index contributed by atoms with van der Waals surface area (Å²) in [5, 5.41) is 3.23. The summed E-state index contributed by atoms with van der Waals surface area (Å²) in [6.07, 6.45) is -2.82. The Balaban J connectivity index is 0.00000161. The van der Waals surface area contributed by atoms with Gasteiger partial charge in [-0.1, -0.05) is 0 Å². The van der Waals surface area contributed by atoms with Gasteiger partial charge in [-0.05, 0) is 18.2 Å². The fourth-order valence-electron chi connectivity index (χ4n) is 2.22. The number of benzene rings is 1. The Morgan fingerprint density at radius 3 is 2.48 bits per heavy atom. The number of aromatic nitrogens is 2. The third-order valence-corrected chi connectivity index (χ3v) is 3.30. The molecule has 2 aromatic rings. The predicted octanol–water partition coefficient (Wildman–Crippen LogP) is 2.48. The van der Waals surface area contributed by atoms with Gasteiger partial charge in [0.05, 0.1) is 22.8 Å². The van der Waals surface area contributed by atoms with Crippen LogP contribution >= 0.6 is 12.4 Å². The molecule has 2 heterocycles. The number of piperazine rings is 1. The molecular formula is C13H14ClF3N4. The maximum absolute atomic E-state index is 12.6. The maximum atomic E-state index is 12.6. The van der Waals surface area contributed by atoms with Crippen molar-refractivity contribution in [3.05, 3.63) is 30.0 Å². The first kappa shape index (κ1) is 15.8. The van der Waals surface area contributed by atoms with Gasteiger partial charge in [0.25, 0.3) is 0 Å². The molecule has 21 heavy (non-hydrogen) atoms. The van der Waals surface area contributed by atoms with Gasteiger partial charge in [0.15, 0.2) is 0 Å². The molecule has 1 aliphatic heterocycles. The van der Waals surface area contributed by atoms with Crippen LogP contribution in [0, 0.1) is 0 Å². The molecule has 1 N–H and O–H groups in total. The zero-order valence-electron chi connectivity index (χ0n) is 11.0. The Morgan fingerprint density at radius 2 is 1.81 bits per heavy atom. The van der Waals surface area contributed by atoms with Crippen LogP contribution in [0.4, 0.5) is 19.0 Å². The summed E-state index contributed by atoms with van der Waals surface area (Å²) in [6.45, 7) is 3.38. The molecule has 0 spiro atoms. The number of nitrogens with one attached hydrogen (secondary N) is 1. The summed E-state index contributed by atoms with van der Waals surface area (Å²) < 4.78 is 37.9. The zero-order chi connectivity index (χ0) is 14.2. The molecule has 1 aromatic heterocycles. The van der Waals surface area contributed by atoms with E-state index >= 15 is 0 Å². The van der Waals surface area contributed by atoms with E-state index in [0.29, 0.717) is 11.3 Å². The van der Waals surface area contributed by atoms with E-state index in [4.69, 9.17) is 0 Å². The molecule has 0 atom stereocenters. The number of anilines is 1. The van der Waals surface area contributed by atoms with Gasteiger partial charge in [0, 0.05) is 26.2 Å². The first-order valence-corrected chi connectivity index (χ1v) is 6.34. The molecule has 0 aliphatic carbocycles. The first-order chi connectivity index (χ1) is 9.54.